The van der Waals surface area contributed by atoms with E-state index in [0.29, 0.717) is 12.7 Å². The van der Waals surface area contributed by atoms with Crippen molar-refractivity contribution in [2.24, 2.45) is 0 Å². The fraction of sp³-hybridized carbons (Fsp3) is 0.429. The van der Waals surface area contributed by atoms with Gasteiger partial charge in [0.15, 0.2) is 11.5 Å². The molecule has 0 aliphatic carbocycles. The van der Waals surface area contributed by atoms with Crippen LogP contribution < -0.4 is 9.47 Å². The summed E-state index contributed by atoms with van der Waals surface area (Å²) < 4.78 is 18.2. The second kappa shape index (κ2) is 9.58. The molecular formula is C21H26INO3. The molecule has 140 valence electrons. The molecule has 0 radical (unpaired) electrons. The van der Waals surface area contributed by atoms with Crippen LogP contribution >= 0.6 is 22.6 Å². The zero-order valence-corrected chi connectivity index (χ0v) is 17.6. The molecule has 0 spiro atoms. The number of methoxy groups -OCH3 is 2. The standard InChI is InChI=1S/C21H26INO3/c1-24-18-8-10-23(11-9-18)14-17-12-19(22)21(20(13-17)25-2)26-15-16-6-4-3-5-7-16/h3-7,12-13,18H,8-11,14-15H2,1-2H3. The Bertz CT molecular complexity index is 700. The highest BCUT2D eigenvalue weighted by atomic mass is 127. The van der Waals surface area contributed by atoms with Crippen molar-refractivity contribution in [3.8, 4) is 11.5 Å². The lowest BCUT2D eigenvalue weighted by Gasteiger charge is -2.31. The molecule has 0 amide bonds. The van der Waals surface area contributed by atoms with E-state index in [2.05, 4.69) is 51.8 Å². The van der Waals surface area contributed by atoms with Gasteiger partial charge >= 0.3 is 0 Å². The second-order valence-corrected chi connectivity index (χ2v) is 7.76. The van der Waals surface area contributed by atoms with Gasteiger partial charge in [0.05, 0.1) is 16.8 Å². The Kier molecular flexibility index (Phi) is 7.16. The van der Waals surface area contributed by atoms with E-state index in [1.165, 1.54) is 5.56 Å². The number of nitrogens with zero attached hydrogens (tertiary/aromatic N) is 1. The zero-order chi connectivity index (χ0) is 18.4. The number of halogens is 1. The van der Waals surface area contributed by atoms with Gasteiger partial charge in [0.1, 0.15) is 6.61 Å². The Morgan fingerprint density at radius 3 is 2.42 bits per heavy atom. The Balaban J connectivity index is 1.67. The predicted octanol–water partition coefficient (Wildman–Crippen LogP) is 4.49. The number of rotatable bonds is 7. The molecule has 0 aromatic heterocycles. The van der Waals surface area contributed by atoms with E-state index in [1.807, 2.05) is 25.3 Å². The van der Waals surface area contributed by atoms with Gasteiger partial charge in [-0.1, -0.05) is 30.3 Å². The minimum atomic E-state index is 0.412. The van der Waals surface area contributed by atoms with Crippen LogP contribution in [0.4, 0.5) is 0 Å². The predicted molar refractivity (Wildman–Crippen MR) is 112 cm³/mol. The van der Waals surface area contributed by atoms with Gasteiger partial charge < -0.3 is 14.2 Å². The lowest BCUT2D eigenvalue weighted by molar-refractivity contribution is 0.0388. The third-order valence-electron chi connectivity index (χ3n) is 4.79. The Labute approximate surface area is 169 Å². The lowest BCUT2D eigenvalue weighted by atomic mass is 10.1. The first-order valence-corrected chi connectivity index (χ1v) is 10.1. The highest BCUT2D eigenvalue weighted by molar-refractivity contribution is 14.1. The molecule has 5 heteroatoms. The van der Waals surface area contributed by atoms with Crippen molar-refractivity contribution in [1.29, 1.82) is 0 Å². The van der Waals surface area contributed by atoms with Gasteiger partial charge in [-0.15, -0.1) is 0 Å². The Morgan fingerprint density at radius 1 is 1.04 bits per heavy atom. The van der Waals surface area contributed by atoms with Crippen LogP contribution in [0.25, 0.3) is 0 Å². The largest absolute Gasteiger partial charge is 0.493 e. The molecule has 1 fully saturated rings. The molecule has 0 atom stereocenters. The van der Waals surface area contributed by atoms with Crippen LogP contribution in [0.5, 0.6) is 11.5 Å². The summed E-state index contributed by atoms with van der Waals surface area (Å²) in [6.07, 6.45) is 2.61. The molecule has 1 saturated heterocycles. The van der Waals surface area contributed by atoms with Gasteiger partial charge in [-0.05, 0) is 58.7 Å². The molecule has 0 unspecified atom stereocenters. The summed E-state index contributed by atoms with van der Waals surface area (Å²) in [6.45, 7) is 3.62. The summed E-state index contributed by atoms with van der Waals surface area (Å²) in [6, 6.07) is 14.5. The molecule has 1 aliphatic heterocycles. The van der Waals surface area contributed by atoms with Gasteiger partial charge in [-0.3, -0.25) is 4.90 Å². The summed E-state index contributed by atoms with van der Waals surface area (Å²) in [7, 11) is 3.51. The van der Waals surface area contributed by atoms with Gasteiger partial charge in [0, 0.05) is 26.7 Å². The molecule has 4 nitrogen and oxygen atoms in total. The number of hydrogen-bond donors (Lipinski definition) is 0. The molecule has 0 bridgehead atoms. The molecule has 0 N–H and O–H groups in total. The maximum atomic E-state index is 6.06. The van der Waals surface area contributed by atoms with Crippen molar-refractivity contribution in [2.75, 3.05) is 27.3 Å². The topological polar surface area (TPSA) is 30.9 Å². The van der Waals surface area contributed by atoms with Crippen molar-refractivity contribution in [1.82, 2.24) is 4.90 Å². The van der Waals surface area contributed by atoms with E-state index in [-0.39, 0.29) is 0 Å². The minimum absolute atomic E-state index is 0.412. The summed E-state index contributed by atoms with van der Waals surface area (Å²) >= 11 is 2.34. The maximum absolute atomic E-state index is 6.06. The van der Waals surface area contributed by atoms with Gasteiger partial charge in [-0.2, -0.15) is 0 Å². The smallest absolute Gasteiger partial charge is 0.174 e. The van der Waals surface area contributed by atoms with Crippen molar-refractivity contribution in [2.45, 2.75) is 32.1 Å². The molecule has 1 aliphatic rings. The van der Waals surface area contributed by atoms with E-state index in [9.17, 15) is 0 Å². The van der Waals surface area contributed by atoms with Crippen LogP contribution in [0.1, 0.15) is 24.0 Å². The van der Waals surface area contributed by atoms with E-state index >= 15 is 0 Å². The maximum Gasteiger partial charge on any atom is 0.174 e. The van der Waals surface area contributed by atoms with Gasteiger partial charge in [-0.25, -0.2) is 0 Å². The number of benzene rings is 2. The summed E-state index contributed by atoms with van der Waals surface area (Å²) in [4.78, 5) is 2.48. The molecule has 26 heavy (non-hydrogen) atoms. The van der Waals surface area contributed by atoms with Crippen LogP contribution in [-0.2, 0) is 17.9 Å². The fourth-order valence-electron chi connectivity index (χ4n) is 3.30. The van der Waals surface area contributed by atoms with Crippen LogP contribution in [0.3, 0.4) is 0 Å². The van der Waals surface area contributed by atoms with Crippen LogP contribution in [0, 0.1) is 3.57 Å². The van der Waals surface area contributed by atoms with E-state index in [1.54, 1.807) is 7.11 Å². The van der Waals surface area contributed by atoms with Crippen molar-refractivity contribution < 1.29 is 14.2 Å². The summed E-state index contributed by atoms with van der Waals surface area (Å²) in [5.74, 6) is 1.62. The van der Waals surface area contributed by atoms with E-state index < -0.39 is 0 Å². The average Bonchev–Trinajstić information content (AvgIpc) is 2.68. The molecule has 3 rings (SSSR count). The molecule has 0 saturated carbocycles. The first-order chi connectivity index (χ1) is 12.7. The monoisotopic (exact) mass is 467 g/mol. The molecular weight excluding hydrogens is 441 g/mol. The number of ether oxygens (including phenoxy) is 3. The summed E-state index contributed by atoms with van der Waals surface area (Å²) in [5, 5.41) is 0. The first kappa shape index (κ1) is 19.5. The lowest BCUT2D eigenvalue weighted by Crippen LogP contribution is -2.36. The third kappa shape index (κ3) is 5.11. The van der Waals surface area contributed by atoms with Crippen molar-refractivity contribution >= 4 is 22.6 Å². The molecule has 2 aromatic carbocycles. The third-order valence-corrected chi connectivity index (χ3v) is 5.59. The van der Waals surface area contributed by atoms with E-state index in [4.69, 9.17) is 14.2 Å². The molecule has 1 heterocycles. The number of likely N-dealkylation sites (tertiary alicyclic amines) is 1. The van der Waals surface area contributed by atoms with Crippen LogP contribution in [0.15, 0.2) is 42.5 Å². The Morgan fingerprint density at radius 2 is 1.77 bits per heavy atom. The van der Waals surface area contributed by atoms with E-state index in [0.717, 1.165) is 53.1 Å². The number of piperidine rings is 1. The van der Waals surface area contributed by atoms with Crippen molar-refractivity contribution in [3.05, 3.63) is 57.2 Å². The fourth-order valence-corrected chi connectivity index (χ4v) is 4.12. The average molecular weight is 467 g/mol. The molecule has 2 aromatic rings. The summed E-state index contributed by atoms with van der Waals surface area (Å²) in [5.41, 5.74) is 2.41. The zero-order valence-electron chi connectivity index (χ0n) is 15.4. The van der Waals surface area contributed by atoms with Crippen molar-refractivity contribution in [3.63, 3.8) is 0 Å². The highest BCUT2D eigenvalue weighted by Gasteiger charge is 2.20. The number of hydrogen-bond acceptors (Lipinski definition) is 4. The highest BCUT2D eigenvalue weighted by Crippen LogP contribution is 2.35. The normalized spacial score (nSPS) is 15.8. The second-order valence-electron chi connectivity index (χ2n) is 6.59. The van der Waals surface area contributed by atoms with Gasteiger partial charge in [0.2, 0.25) is 0 Å². The quantitative estimate of drug-likeness (QED) is 0.562. The Hall–Kier alpha value is -1.31. The first-order valence-electron chi connectivity index (χ1n) is 8.98. The van der Waals surface area contributed by atoms with Crippen LogP contribution in [-0.4, -0.2) is 38.3 Å². The SMILES string of the molecule is COc1cc(CN2CCC(OC)CC2)cc(I)c1OCc1ccccc1. The van der Waals surface area contributed by atoms with Gasteiger partial charge in [0.25, 0.3) is 0 Å². The minimum Gasteiger partial charge on any atom is -0.493 e. The van der Waals surface area contributed by atoms with Crippen LogP contribution in [0.2, 0.25) is 0 Å².